The summed E-state index contributed by atoms with van der Waals surface area (Å²) in [4.78, 5) is 32.3. The molecular weight excluding hydrogens is 412 g/mol. The number of carbonyl (C=O) groups is 1. The Kier molecular flexibility index (Phi) is 5.88. The number of benzene rings is 1. The number of ether oxygens (including phenoxy) is 1. The minimum atomic E-state index is -0.779. The van der Waals surface area contributed by atoms with E-state index in [2.05, 4.69) is 9.88 Å². The molecule has 170 valence electrons. The maximum Gasteiger partial charge on any atom is 0.300 e. The van der Waals surface area contributed by atoms with Crippen molar-refractivity contribution in [1.82, 2.24) is 9.88 Å². The zero-order chi connectivity index (χ0) is 23.0. The number of pyridine rings is 1. The number of nitrogens with two attached hydrogens (primary N) is 2. The van der Waals surface area contributed by atoms with Gasteiger partial charge in [-0.1, -0.05) is 0 Å². The second kappa shape index (κ2) is 8.62. The molecule has 0 atom stereocenters. The number of carbonyl (C=O) groups excluding carboxylic acids is 1. The summed E-state index contributed by atoms with van der Waals surface area (Å²) in [5.41, 5.74) is 13.6. The summed E-state index contributed by atoms with van der Waals surface area (Å²) in [6.45, 7) is 1.99. The Bertz CT molecular complexity index is 1060. The first kappa shape index (κ1) is 21.8. The summed E-state index contributed by atoms with van der Waals surface area (Å²) in [6.07, 6.45) is 4.99. The molecule has 1 aromatic heterocycles. The number of fused-ring (bicyclic) bond motifs is 1. The molecule has 10 nitrogen and oxygen atoms in total. The molecule has 2 aliphatic rings. The van der Waals surface area contributed by atoms with Crippen LogP contribution in [0.4, 0.5) is 17.1 Å². The summed E-state index contributed by atoms with van der Waals surface area (Å²) >= 11 is 0. The fourth-order valence-corrected chi connectivity index (χ4v) is 4.61. The molecule has 4 N–H and O–H groups in total. The van der Waals surface area contributed by atoms with E-state index in [1.54, 1.807) is 12.3 Å². The number of amides is 1. The number of nitrogens with zero attached hydrogens (tertiary/aromatic N) is 4. The quantitative estimate of drug-likeness (QED) is 0.409. The van der Waals surface area contributed by atoms with Crippen LogP contribution in [0.15, 0.2) is 18.3 Å². The molecule has 0 unspecified atom stereocenters. The fraction of sp³-hybridized carbons (Fsp3) is 0.455. The zero-order valence-corrected chi connectivity index (χ0v) is 18.3. The highest BCUT2D eigenvalue weighted by Crippen LogP contribution is 2.43. The van der Waals surface area contributed by atoms with E-state index in [-0.39, 0.29) is 16.9 Å². The van der Waals surface area contributed by atoms with Gasteiger partial charge >= 0.3 is 5.69 Å². The molecule has 2 aliphatic heterocycles. The van der Waals surface area contributed by atoms with E-state index in [0.29, 0.717) is 48.4 Å². The second-order valence-corrected chi connectivity index (χ2v) is 8.52. The second-order valence-electron chi connectivity index (χ2n) is 8.52. The molecule has 1 saturated heterocycles. The van der Waals surface area contributed by atoms with Gasteiger partial charge in [0.2, 0.25) is 5.88 Å². The van der Waals surface area contributed by atoms with Crippen LogP contribution in [0.1, 0.15) is 35.2 Å². The lowest BCUT2D eigenvalue weighted by Crippen LogP contribution is -2.42. The largest absolute Gasteiger partial charge is 0.477 e. The molecule has 0 saturated carbocycles. The van der Waals surface area contributed by atoms with Crippen molar-refractivity contribution in [3.05, 3.63) is 39.6 Å². The van der Waals surface area contributed by atoms with Gasteiger partial charge in [-0.3, -0.25) is 14.9 Å². The average molecular weight is 441 g/mol. The molecule has 10 heteroatoms. The van der Waals surface area contributed by atoms with Gasteiger partial charge in [0.15, 0.2) is 0 Å². The van der Waals surface area contributed by atoms with Crippen LogP contribution in [0, 0.1) is 10.1 Å². The molecule has 1 aromatic carbocycles. The van der Waals surface area contributed by atoms with Crippen LogP contribution in [0.2, 0.25) is 0 Å². The average Bonchev–Trinajstić information content (AvgIpc) is 2.77. The normalized spacial score (nSPS) is 16.5. The van der Waals surface area contributed by atoms with Gasteiger partial charge in [0.25, 0.3) is 5.91 Å². The number of hydrogen-bond acceptors (Lipinski definition) is 8. The number of aromatic nitrogens is 1. The number of anilines is 2. The van der Waals surface area contributed by atoms with Crippen molar-refractivity contribution in [3.8, 4) is 17.0 Å². The Morgan fingerprint density at radius 1 is 1.31 bits per heavy atom. The number of nitro groups is 1. The Labute approximate surface area is 186 Å². The molecule has 32 heavy (non-hydrogen) atoms. The van der Waals surface area contributed by atoms with Gasteiger partial charge in [0.05, 0.1) is 28.3 Å². The first-order valence-electron chi connectivity index (χ1n) is 10.7. The number of hydrogen-bond donors (Lipinski definition) is 2. The Morgan fingerprint density at radius 3 is 2.66 bits per heavy atom. The lowest BCUT2D eigenvalue weighted by molar-refractivity contribution is -0.383. The first-order valence-corrected chi connectivity index (χ1v) is 10.7. The summed E-state index contributed by atoms with van der Waals surface area (Å²) in [5, 5.41) is 12.0. The van der Waals surface area contributed by atoms with Crippen molar-refractivity contribution in [1.29, 1.82) is 0 Å². The van der Waals surface area contributed by atoms with Crippen LogP contribution in [0.25, 0.3) is 11.1 Å². The number of primary amides is 1. The van der Waals surface area contributed by atoms with Crippen molar-refractivity contribution in [2.75, 3.05) is 44.4 Å². The zero-order valence-electron chi connectivity index (χ0n) is 18.3. The lowest BCUT2D eigenvalue weighted by Gasteiger charge is -2.37. The number of nitrogen functional groups attached to an aromatic ring is 1. The molecule has 0 aliphatic carbocycles. The van der Waals surface area contributed by atoms with E-state index in [0.717, 1.165) is 31.2 Å². The number of nitro benzene ring substituents is 1. The van der Waals surface area contributed by atoms with E-state index in [9.17, 15) is 14.9 Å². The van der Waals surface area contributed by atoms with Crippen LogP contribution in [0.3, 0.4) is 0 Å². The molecule has 1 amide bonds. The molecule has 3 heterocycles. The molecule has 4 rings (SSSR count). The van der Waals surface area contributed by atoms with E-state index < -0.39 is 10.8 Å². The van der Waals surface area contributed by atoms with Gasteiger partial charge in [0, 0.05) is 36.5 Å². The van der Waals surface area contributed by atoms with Crippen molar-refractivity contribution in [3.63, 3.8) is 0 Å². The Morgan fingerprint density at radius 2 is 2.03 bits per heavy atom. The fourth-order valence-electron chi connectivity index (χ4n) is 4.61. The maximum absolute atomic E-state index is 12.3. The van der Waals surface area contributed by atoms with Crippen molar-refractivity contribution >= 4 is 23.0 Å². The topological polar surface area (TPSA) is 141 Å². The highest BCUT2D eigenvalue weighted by Gasteiger charge is 2.32. The first-order chi connectivity index (χ1) is 15.3. The number of aryl methyl sites for hydroxylation is 1. The molecule has 0 spiro atoms. The highest BCUT2D eigenvalue weighted by molar-refractivity contribution is 6.08. The third-order valence-corrected chi connectivity index (χ3v) is 6.35. The van der Waals surface area contributed by atoms with Crippen molar-refractivity contribution < 1.29 is 14.5 Å². The third-order valence-electron chi connectivity index (χ3n) is 6.35. The van der Waals surface area contributed by atoms with Gasteiger partial charge in [0.1, 0.15) is 5.69 Å². The minimum Gasteiger partial charge on any atom is -0.477 e. The molecule has 0 radical (unpaired) electrons. The smallest absolute Gasteiger partial charge is 0.300 e. The lowest BCUT2D eigenvalue weighted by atomic mass is 9.95. The van der Waals surface area contributed by atoms with Crippen LogP contribution in [0.5, 0.6) is 5.88 Å². The van der Waals surface area contributed by atoms with Gasteiger partial charge in [-0.2, -0.15) is 0 Å². The Balaban J connectivity index is 1.85. The monoisotopic (exact) mass is 440 g/mol. The van der Waals surface area contributed by atoms with Crippen molar-refractivity contribution in [2.24, 2.45) is 5.73 Å². The SMILES string of the molecule is CN(C)C1CCN(c2cc(-c3cnc4c(c3)CCCO4)c([N+](=O)[O-])c(N)c2C(N)=O)CC1. The molecule has 0 bridgehead atoms. The van der Waals surface area contributed by atoms with Gasteiger partial charge in [-0.15, -0.1) is 0 Å². The highest BCUT2D eigenvalue weighted by atomic mass is 16.6. The standard InChI is InChI=1S/C22H28N6O4/c1-26(2)15-5-7-27(8-6-15)17-11-16(20(28(30)31)19(23)18(17)21(24)29)14-10-13-4-3-9-32-22(13)25-12-14/h10-12,15H,3-9,23H2,1-2H3,(H2,24,29). The van der Waals surface area contributed by atoms with E-state index in [4.69, 9.17) is 16.2 Å². The summed E-state index contributed by atoms with van der Waals surface area (Å²) in [7, 11) is 4.09. The van der Waals surface area contributed by atoms with Gasteiger partial charge in [-0.05, 0) is 51.9 Å². The predicted octanol–water partition coefficient (Wildman–Crippen LogP) is 2.19. The van der Waals surface area contributed by atoms with Crippen LogP contribution in [-0.4, -0.2) is 60.5 Å². The summed E-state index contributed by atoms with van der Waals surface area (Å²) in [6, 6.07) is 3.95. The van der Waals surface area contributed by atoms with Crippen LogP contribution < -0.4 is 21.1 Å². The van der Waals surface area contributed by atoms with E-state index in [1.165, 1.54) is 0 Å². The Hall–Kier alpha value is -3.40. The van der Waals surface area contributed by atoms with Crippen LogP contribution >= 0.6 is 0 Å². The van der Waals surface area contributed by atoms with Crippen LogP contribution in [-0.2, 0) is 6.42 Å². The van der Waals surface area contributed by atoms with E-state index >= 15 is 0 Å². The molecule has 1 fully saturated rings. The maximum atomic E-state index is 12.3. The van der Waals surface area contributed by atoms with Gasteiger partial charge < -0.3 is 26.0 Å². The van der Waals surface area contributed by atoms with Crippen molar-refractivity contribution in [2.45, 2.75) is 31.7 Å². The number of piperidine rings is 1. The predicted molar refractivity (Wildman–Crippen MR) is 122 cm³/mol. The van der Waals surface area contributed by atoms with E-state index in [1.807, 2.05) is 25.1 Å². The minimum absolute atomic E-state index is 0.00185. The third kappa shape index (κ3) is 3.93. The summed E-state index contributed by atoms with van der Waals surface area (Å²) in [5.74, 6) is -0.228. The molecular formula is C22H28N6O4. The summed E-state index contributed by atoms with van der Waals surface area (Å²) < 4.78 is 5.57. The number of rotatable bonds is 5. The van der Waals surface area contributed by atoms with Gasteiger partial charge in [-0.25, -0.2) is 4.98 Å². The molecule has 2 aromatic rings.